The van der Waals surface area contributed by atoms with Gasteiger partial charge in [0, 0.05) is 17.7 Å². The molecule has 7 nitrogen and oxygen atoms in total. The average molecular weight is 359 g/mol. The number of imidazole rings is 1. The molecule has 0 atom stereocenters. The first-order valence-corrected chi connectivity index (χ1v) is 9.51. The lowest BCUT2D eigenvalue weighted by molar-refractivity contribution is 0.321. The van der Waals surface area contributed by atoms with Gasteiger partial charge < -0.3 is 4.57 Å². The molecule has 1 saturated carbocycles. The minimum absolute atomic E-state index is 0.709. The molecule has 0 unspecified atom stereocenters. The van der Waals surface area contributed by atoms with E-state index >= 15 is 0 Å². The first-order valence-electron chi connectivity index (χ1n) is 9.51. The Kier molecular flexibility index (Phi) is 4.12. The molecule has 1 fully saturated rings. The van der Waals surface area contributed by atoms with Crippen LogP contribution in [0.25, 0.3) is 33.9 Å². The van der Waals surface area contributed by atoms with Crippen molar-refractivity contribution in [3.05, 3.63) is 43.1 Å². The second-order valence-corrected chi connectivity index (χ2v) is 7.22. The van der Waals surface area contributed by atoms with Gasteiger partial charge in [0.15, 0.2) is 17.1 Å². The molecule has 1 aliphatic rings. The molecule has 0 amide bonds. The molecule has 4 aromatic rings. The van der Waals surface area contributed by atoms with Crippen LogP contribution < -0.4 is 0 Å². The van der Waals surface area contributed by atoms with Crippen molar-refractivity contribution in [1.82, 2.24) is 34.7 Å². The quantitative estimate of drug-likeness (QED) is 0.598. The molecule has 0 saturated heterocycles. The maximum atomic E-state index is 4.89. The van der Waals surface area contributed by atoms with Gasteiger partial charge >= 0.3 is 0 Å². The Morgan fingerprint density at radius 2 is 1.93 bits per heavy atom. The summed E-state index contributed by atoms with van der Waals surface area (Å²) in [5, 5.41) is 6.83. The van der Waals surface area contributed by atoms with E-state index in [-0.39, 0.29) is 0 Å². The molecule has 7 heteroatoms. The molecule has 5 rings (SSSR count). The third-order valence-corrected chi connectivity index (χ3v) is 5.35. The Morgan fingerprint density at radius 1 is 1.04 bits per heavy atom. The smallest absolute Gasteiger partial charge is 0.197 e. The zero-order chi connectivity index (χ0) is 18.1. The maximum Gasteiger partial charge on any atom is 0.197 e. The van der Waals surface area contributed by atoms with Crippen LogP contribution >= 0.6 is 0 Å². The van der Waals surface area contributed by atoms with Gasteiger partial charge in [0.2, 0.25) is 0 Å². The number of hydrogen-bond donors (Lipinski definition) is 1. The lowest BCUT2D eigenvalue weighted by atomic mass is 9.89. The number of aromatic nitrogens is 7. The van der Waals surface area contributed by atoms with Crippen LogP contribution in [0.1, 0.15) is 32.1 Å². The minimum Gasteiger partial charge on any atom is -0.314 e. The summed E-state index contributed by atoms with van der Waals surface area (Å²) in [6.45, 7) is 0.979. The summed E-state index contributed by atoms with van der Waals surface area (Å²) < 4.78 is 2.17. The molecule has 3 heterocycles. The fraction of sp³-hybridized carbons (Fsp3) is 0.350. The predicted octanol–water partition coefficient (Wildman–Crippen LogP) is 3.86. The third kappa shape index (κ3) is 3.20. The Bertz CT molecular complexity index is 1050. The Labute approximate surface area is 156 Å². The highest BCUT2D eigenvalue weighted by Crippen LogP contribution is 2.27. The van der Waals surface area contributed by atoms with Crippen molar-refractivity contribution in [1.29, 1.82) is 0 Å². The second kappa shape index (κ2) is 6.90. The van der Waals surface area contributed by atoms with Crippen LogP contribution in [0.4, 0.5) is 0 Å². The summed E-state index contributed by atoms with van der Waals surface area (Å²) in [4.78, 5) is 18.1. The summed E-state index contributed by atoms with van der Waals surface area (Å²) in [5.74, 6) is 1.46. The number of rotatable bonds is 4. The van der Waals surface area contributed by atoms with Crippen LogP contribution in [-0.2, 0) is 6.54 Å². The molecule has 1 aromatic carbocycles. The highest BCUT2D eigenvalue weighted by Gasteiger charge is 2.16. The first-order chi connectivity index (χ1) is 13.4. The molecule has 1 N–H and O–H groups in total. The molecule has 1 aliphatic carbocycles. The largest absolute Gasteiger partial charge is 0.314 e. The van der Waals surface area contributed by atoms with Gasteiger partial charge in [-0.2, -0.15) is 5.10 Å². The highest BCUT2D eigenvalue weighted by molar-refractivity contribution is 5.73. The maximum absolute atomic E-state index is 4.89. The van der Waals surface area contributed by atoms with Crippen LogP contribution in [0.15, 0.2) is 43.1 Å². The summed E-state index contributed by atoms with van der Waals surface area (Å²) in [5.41, 5.74) is 4.39. The van der Waals surface area contributed by atoms with E-state index in [1.54, 1.807) is 6.20 Å². The number of nitrogens with zero attached hydrogens (tertiary/aromatic N) is 6. The van der Waals surface area contributed by atoms with Crippen molar-refractivity contribution in [3.63, 3.8) is 0 Å². The van der Waals surface area contributed by atoms with Crippen molar-refractivity contribution in [3.8, 4) is 22.6 Å². The van der Waals surface area contributed by atoms with Crippen molar-refractivity contribution in [2.24, 2.45) is 5.92 Å². The first kappa shape index (κ1) is 16.1. The molecule has 0 bridgehead atoms. The summed E-state index contributed by atoms with van der Waals surface area (Å²) in [6, 6.07) is 8.09. The molecule has 27 heavy (non-hydrogen) atoms. The van der Waals surface area contributed by atoms with Gasteiger partial charge in [0.1, 0.15) is 6.33 Å². The van der Waals surface area contributed by atoms with E-state index in [0.29, 0.717) is 5.65 Å². The second-order valence-electron chi connectivity index (χ2n) is 7.22. The molecule has 3 aromatic heterocycles. The normalized spacial score (nSPS) is 15.4. The van der Waals surface area contributed by atoms with Gasteiger partial charge in [-0.3, -0.25) is 5.10 Å². The number of fused-ring (bicyclic) bond motifs is 1. The van der Waals surface area contributed by atoms with Crippen LogP contribution in [0.3, 0.4) is 0 Å². The van der Waals surface area contributed by atoms with Crippen molar-refractivity contribution < 1.29 is 0 Å². The van der Waals surface area contributed by atoms with Gasteiger partial charge in [-0.05, 0) is 24.8 Å². The minimum atomic E-state index is 0.709. The van der Waals surface area contributed by atoms with Gasteiger partial charge in [-0.15, -0.1) is 0 Å². The molecular weight excluding hydrogens is 338 g/mol. The summed E-state index contributed by atoms with van der Waals surface area (Å²) in [6.07, 6.45) is 11.8. The molecule has 136 valence electrons. The van der Waals surface area contributed by atoms with E-state index in [4.69, 9.17) is 4.98 Å². The average Bonchev–Trinajstić information content (AvgIpc) is 3.39. The van der Waals surface area contributed by atoms with Gasteiger partial charge in [-0.25, -0.2) is 19.9 Å². The van der Waals surface area contributed by atoms with E-state index in [9.17, 15) is 0 Å². The topological polar surface area (TPSA) is 85.2 Å². The zero-order valence-electron chi connectivity index (χ0n) is 15.0. The SMILES string of the molecule is c1cc(-c2cnc3ncn(CC4CCCCC4)c3n2)cc(-c2ncn[nH]2)c1. The number of nitrogens with one attached hydrogen (secondary N) is 1. The number of H-pyrrole nitrogens is 1. The zero-order valence-corrected chi connectivity index (χ0v) is 15.0. The van der Waals surface area contributed by atoms with Crippen LogP contribution in [0, 0.1) is 5.92 Å². The van der Waals surface area contributed by atoms with E-state index < -0.39 is 0 Å². The number of benzene rings is 1. The predicted molar refractivity (Wildman–Crippen MR) is 103 cm³/mol. The van der Waals surface area contributed by atoms with Gasteiger partial charge in [-0.1, -0.05) is 37.5 Å². The standard InChI is InChI=1S/C20H21N7/c1-2-5-14(6-3-1)11-27-13-23-19-20(27)25-17(10-21-19)15-7-4-8-16(9-15)18-22-12-24-26-18/h4,7-10,12-14H,1-3,5-6,11H2,(H,22,24,26). The van der Waals surface area contributed by atoms with E-state index in [1.807, 2.05) is 24.5 Å². The van der Waals surface area contributed by atoms with Crippen molar-refractivity contribution >= 4 is 11.3 Å². The van der Waals surface area contributed by atoms with Crippen LogP contribution in [0.2, 0.25) is 0 Å². The van der Waals surface area contributed by atoms with Crippen molar-refractivity contribution in [2.75, 3.05) is 0 Å². The van der Waals surface area contributed by atoms with Gasteiger partial charge in [0.25, 0.3) is 0 Å². The van der Waals surface area contributed by atoms with Crippen molar-refractivity contribution in [2.45, 2.75) is 38.6 Å². The van der Waals surface area contributed by atoms with E-state index in [0.717, 1.165) is 40.8 Å². The Hall–Kier alpha value is -3.09. The lowest BCUT2D eigenvalue weighted by Crippen LogP contribution is -2.13. The molecular formula is C20H21N7. The van der Waals surface area contributed by atoms with Crippen LogP contribution in [-0.4, -0.2) is 34.7 Å². The van der Waals surface area contributed by atoms with E-state index in [2.05, 4.69) is 35.8 Å². The van der Waals surface area contributed by atoms with E-state index in [1.165, 1.54) is 38.4 Å². The molecule has 0 aliphatic heterocycles. The molecule has 0 radical (unpaired) electrons. The molecule has 0 spiro atoms. The fourth-order valence-electron chi connectivity index (χ4n) is 3.93. The van der Waals surface area contributed by atoms with Crippen LogP contribution in [0.5, 0.6) is 0 Å². The monoisotopic (exact) mass is 359 g/mol. The Balaban J connectivity index is 1.49. The highest BCUT2D eigenvalue weighted by atomic mass is 15.2. The third-order valence-electron chi connectivity index (χ3n) is 5.35. The lowest BCUT2D eigenvalue weighted by Gasteiger charge is -2.21. The Morgan fingerprint density at radius 3 is 2.78 bits per heavy atom. The summed E-state index contributed by atoms with van der Waals surface area (Å²) >= 11 is 0. The van der Waals surface area contributed by atoms with Gasteiger partial charge in [0.05, 0.1) is 18.2 Å². The fourth-order valence-corrected chi connectivity index (χ4v) is 3.93. The number of hydrogen-bond acceptors (Lipinski definition) is 5. The number of aromatic amines is 1. The summed E-state index contributed by atoms with van der Waals surface area (Å²) in [7, 11) is 0.